The van der Waals surface area contributed by atoms with Gasteiger partial charge in [0.25, 0.3) is 0 Å². The Bertz CT molecular complexity index is 478. The highest BCUT2D eigenvalue weighted by atomic mass is 32.1. The highest BCUT2D eigenvalue weighted by molar-refractivity contribution is 7.09. The van der Waals surface area contributed by atoms with E-state index in [4.69, 9.17) is 5.11 Å². The van der Waals surface area contributed by atoms with Gasteiger partial charge in [-0.1, -0.05) is 0 Å². The molecule has 2 amide bonds. The molecule has 2 N–H and O–H groups in total. The molecule has 1 rings (SSSR count). The second-order valence-corrected chi connectivity index (χ2v) is 6.94. The molecule has 7 heteroatoms. The predicted octanol–water partition coefficient (Wildman–Crippen LogP) is 2.27. The Morgan fingerprint density at radius 3 is 2.35 bits per heavy atom. The van der Waals surface area contributed by atoms with Gasteiger partial charge in [-0.05, 0) is 34.6 Å². The predicted molar refractivity (Wildman–Crippen MR) is 77.8 cm³/mol. The van der Waals surface area contributed by atoms with E-state index in [1.165, 1.54) is 16.2 Å². The van der Waals surface area contributed by atoms with E-state index >= 15 is 0 Å². The van der Waals surface area contributed by atoms with Gasteiger partial charge in [0, 0.05) is 17.1 Å². The number of carboxylic acids is 1. The summed E-state index contributed by atoms with van der Waals surface area (Å²) in [5, 5.41) is 14.4. The fourth-order valence-electron chi connectivity index (χ4n) is 1.67. The van der Waals surface area contributed by atoms with Crippen LogP contribution < -0.4 is 5.32 Å². The molecule has 0 fully saturated rings. The summed E-state index contributed by atoms with van der Waals surface area (Å²) >= 11 is 1.44. The summed E-state index contributed by atoms with van der Waals surface area (Å²) < 4.78 is 0. The topological polar surface area (TPSA) is 82.5 Å². The third kappa shape index (κ3) is 4.19. The minimum atomic E-state index is -1.04. The lowest BCUT2D eigenvalue weighted by Crippen LogP contribution is -2.56. The number of aliphatic carboxylic acids is 1. The molecule has 0 aliphatic rings. The van der Waals surface area contributed by atoms with Gasteiger partial charge in [-0.3, -0.25) is 4.79 Å². The average Bonchev–Trinajstić information content (AvgIpc) is 2.77. The number of rotatable bonds is 4. The zero-order valence-corrected chi connectivity index (χ0v) is 13.2. The minimum absolute atomic E-state index is 0.344. The normalized spacial score (nSPS) is 12.1. The summed E-state index contributed by atoms with van der Waals surface area (Å²) in [7, 11) is 0. The molecular weight excluding hydrogens is 278 g/mol. The van der Waals surface area contributed by atoms with Crippen molar-refractivity contribution in [2.75, 3.05) is 6.54 Å². The van der Waals surface area contributed by atoms with Crippen LogP contribution in [0, 0.1) is 0 Å². The molecule has 20 heavy (non-hydrogen) atoms. The van der Waals surface area contributed by atoms with Gasteiger partial charge in [0.1, 0.15) is 11.6 Å². The fraction of sp³-hybridized carbons (Fsp3) is 0.615. The SMILES string of the molecule is CC(C)(NC(=O)N(CC(=O)O)C(C)(C)C)c1nccs1. The molecular formula is C13H21N3O3S. The van der Waals surface area contributed by atoms with Crippen LogP contribution in [0.3, 0.4) is 0 Å². The number of aromatic nitrogens is 1. The van der Waals surface area contributed by atoms with Crippen LogP contribution in [0.15, 0.2) is 11.6 Å². The standard InChI is InChI=1S/C13H21N3O3S/c1-12(2,3)16(8-9(17)18)11(19)15-13(4,5)10-14-6-7-20-10/h6-7H,8H2,1-5H3,(H,15,19)(H,17,18). The van der Waals surface area contributed by atoms with Gasteiger partial charge in [-0.15, -0.1) is 11.3 Å². The monoisotopic (exact) mass is 299 g/mol. The quantitative estimate of drug-likeness (QED) is 0.893. The molecule has 0 saturated heterocycles. The Kier molecular flexibility index (Phi) is 4.75. The summed E-state index contributed by atoms with van der Waals surface area (Å²) in [5.74, 6) is -1.04. The van der Waals surface area contributed by atoms with Gasteiger partial charge in [0.2, 0.25) is 0 Å². The third-order valence-corrected chi connectivity index (χ3v) is 3.83. The lowest BCUT2D eigenvalue weighted by molar-refractivity contribution is -0.138. The molecule has 1 heterocycles. The number of nitrogens with one attached hydrogen (secondary N) is 1. The molecule has 0 atom stereocenters. The number of thiazole rings is 1. The zero-order valence-electron chi connectivity index (χ0n) is 12.4. The number of amides is 2. The lowest BCUT2D eigenvalue weighted by Gasteiger charge is -2.37. The van der Waals surface area contributed by atoms with E-state index in [9.17, 15) is 9.59 Å². The highest BCUT2D eigenvalue weighted by Gasteiger charge is 2.33. The van der Waals surface area contributed by atoms with E-state index in [-0.39, 0.29) is 6.54 Å². The molecule has 112 valence electrons. The van der Waals surface area contributed by atoms with E-state index in [0.29, 0.717) is 0 Å². The Labute approximate surface area is 122 Å². The van der Waals surface area contributed by atoms with Crippen molar-refractivity contribution >= 4 is 23.3 Å². The zero-order chi connectivity index (χ0) is 15.6. The van der Waals surface area contributed by atoms with Crippen molar-refractivity contribution in [3.63, 3.8) is 0 Å². The van der Waals surface area contributed by atoms with Gasteiger partial charge in [-0.2, -0.15) is 0 Å². The van der Waals surface area contributed by atoms with Crippen LogP contribution in [-0.4, -0.2) is 39.1 Å². The van der Waals surface area contributed by atoms with Crippen molar-refractivity contribution in [3.05, 3.63) is 16.6 Å². The van der Waals surface area contributed by atoms with Crippen LogP contribution in [-0.2, 0) is 10.3 Å². The van der Waals surface area contributed by atoms with E-state index < -0.39 is 23.1 Å². The molecule has 6 nitrogen and oxygen atoms in total. The summed E-state index contributed by atoms with van der Waals surface area (Å²) in [6.45, 7) is 8.73. The molecule has 0 radical (unpaired) electrons. The number of urea groups is 1. The van der Waals surface area contributed by atoms with Crippen molar-refractivity contribution < 1.29 is 14.7 Å². The molecule has 1 aromatic heterocycles. The number of carboxylic acid groups (broad SMARTS) is 1. The van der Waals surface area contributed by atoms with Crippen LogP contribution in [0.5, 0.6) is 0 Å². The fourth-order valence-corrected chi connectivity index (χ4v) is 2.39. The first kappa shape index (κ1) is 16.4. The van der Waals surface area contributed by atoms with Crippen LogP contribution in [0.4, 0.5) is 4.79 Å². The molecule has 0 saturated carbocycles. The van der Waals surface area contributed by atoms with Crippen LogP contribution in [0.1, 0.15) is 39.6 Å². The van der Waals surface area contributed by atoms with Crippen molar-refractivity contribution in [3.8, 4) is 0 Å². The van der Waals surface area contributed by atoms with Gasteiger partial charge in [0.05, 0.1) is 5.54 Å². The summed E-state index contributed by atoms with van der Waals surface area (Å²) in [6.07, 6.45) is 1.67. The maximum absolute atomic E-state index is 12.4. The van der Waals surface area contributed by atoms with Crippen LogP contribution in [0.2, 0.25) is 0 Å². The van der Waals surface area contributed by atoms with Gasteiger partial charge < -0.3 is 15.3 Å². The van der Waals surface area contributed by atoms with E-state index in [2.05, 4.69) is 10.3 Å². The number of carbonyl (C=O) groups excluding carboxylic acids is 1. The Morgan fingerprint density at radius 1 is 1.35 bits per heavy atom. The highest BCUT2D eigenvalue weighted by Crippen LogP contribution is 2.23. The molecule has 0 spiro atoms. The summed E-state index contributed by atoms with van der Waals surface area (Å²) in [5.41, 5.74) is -1.23. The second kappa shape index (κ2) is 5.78. The van der Waals surface area contributed by atoms with E-state index in [0.717, 1.165) is 5.01 Å². The Balaban J connectivity index is 2.89. The van der Waals surface area contributed by atoms with Gasteiger partial charge >= 0.3 is 12.0 Å². The first-order valence-electron chi connectivity index (χ1n) is 6.25. The van der Waals surface area contributed by atoms with E-state index in [1.54, 1.807) is 27.0 Å². The lowest BCUT2D eigenvalue weighted by atomic mass is 10.1. The number of nitrogens with zero attached hydrogens (tertiary/aromatic N) is 2. The molecule has 1 aromatic rings. The number of hydrogen-bond acceptors (Lipinski definition) is 4. The number of carbonyl (C=O) groups is 2. The summed E-state index contributed by atoms with van der Waals surface area (Å²) in [6, 6.07) is -0.417. The minimum Gasteiger partial charge on any atom is -0.480 e. The van der Waals surface area contributed by atoms with Crippen LogP contribution in [0.25, 0.3) is 0 Å². The molecule has 0 aliphatic carbocycles. The number of hydrogen-bond donors (Lipinski definition) is 2. The van der Waals surface area contributed by atoms with Gasteiger partial charge in [-0.25, -0.2) is 9.78 Å². The second-order valence-electron chi connectivity index (χ2n) is 6.04. The largest absolute Gasteiger partial charge is 0.480 e. The first-order valence-corrected chi connectivity index (χ1v) is 7.13. The molecule has 0 unspecified atom stereocenters. The first-order chi connectivity index (χ1) is 9.04. The maximum atomic E-state index is 12.4. The van der Waals surface area contributed by atoms with Crippen LogP contribution >= 0.6 is 11.3 Å². The van der Waals surface area contributed by atoms with Crippen molar-refractivity contribution in [2.24, 2.45) is 0 Å². The smallest absolute Gasteiger partial charge is 0.323 e. The van der Waals surface area contributed by atoms with Crippen molar-refractivity contribution in [1.29, 1.82) is 0 Å². The Hall–Kier alpha value is -1.63. The maximum Gasteiger partial charge on any atom is 0.323 e. The molecule has 0 aliphatic heterocycles. The molecule has 0 aromatic carbocycles. The Morgan fingerprint density at radius 2 is 1.95 bits per heavy atom. The average molecular weight is 299 g/mol. The molecule has 0 bridgehead atoms. The summed E-state index contributed by atoms with van der Waals surface area (Å²) in [4.78, 5) is 28.8. The third-order valence-electron chi connectivity index (χ3n) is 2.73. The van der Waals surface area contributed by atoms with Crippen molar-refractivity contribution in [1.82, 2.24) is 15.2 Å². The van der Waals surface area contributed by atoms with Gasteiger partial charge in [0.15, 0.2) is 0 Å². The van der Waals surface area contributed by atoms with E-state index in [1.807, 2.05) is 19.2 Å². The van der Waals surface area contributed by atoms with Crippen molar-refractivity contribution in [2.45, 2.75) is 45.7 Å².